The molecule has 1 aromatic carbocycles. The van der Waals surface area contributed by atoms with Crippen LogP contribution in [-0.2, 0) is 13.0 Å². The van der Waals surface area contributed by atoms with Gasteiger partial charge in [-0.3, -0.25) is 4.90 Å². The molecule has 1 saturated heterocycles. The third-order valence-electron chi connectivity index (χ3n) is 5.68. The first-order valence-electron chi connectivity index (χ1n) is 9.79. The van der Waals surface area contributed by atoms with Crippen LogP contribution in [0.1, 0.15) is 50.7 Å². The van der Waals surface area contributed by atoms with Crippen molar-refractivity contribution in [1.82, 2.24) is 9.80 Å². The molecule has 0 aliphatic carbocycles. The van der Waals surface area contributed by atoms with E-state index in [0.717, 1.165) is 31.2 Å². The molecular formula is C21H34N2O. The molecule has 2 aliphatic heterocycles. The van der Waals surface area contributed by atoms with Gasteiger partial charge in [-0.05, 0) is 81.4 Å². The molecule has 24 heavy (non-hydrogen) atoms. The van der Waals surface area contributed by atoms with Crippen LogP contribution in [0.15, 0.2) is 18.2 Å². The van der Waals surface area contributed by atoms with Crippen LogP contribution >= 0.6 is 0 Å². The Balaban J connectivity index is 1.50. The van der Waals surface area contributed by atoms with E-state index in [2.05, 4.69) is 48.9 Å². The molecule has 0 N–H and O–H groups in total. The van der Waals surface area contributed by atoms with Gasteiger partial charge in [-0.15, -0.1) is 0 Å². The number of benzene rings is 1. The van der Waals surface area contributed by atoms with Crippen LogP contribution in [0.25, 0.3) is 0 Å². The van der Waals surface area contributed by atoms with Crippen LogP contribution in [0.4, 0.5) is 0 Å². The van der Waals surface area contributed by atoms with Gasteiger partial charge < -0.3 is 9.64 Å². The Labute approximate surface area is 148 Å². The van der Waals surface area contributed by atoms with E-state index in [0.29, 0.717) is 6.04 Å². The molecule has 0 saturated carbocycles. The lowest BCUT2D eigenvalue weighted by Crippen LogP contribution is -2.32. The van der Waals surface area contributed by atoms with Crippen LogP contribution in [-0.4, -0.2) is 49.1 Å². The van der Waals surface area contributed by atoms with Crippen molar-refractivity contribution in [3.8, 4) is 5.75 Å². The van der Waals surface area contributed by atoms with Gasteiger partial charge in [0.2, 0.25) is 0 Å². The highest BCUT2D eigenvalue weighted by Crippen LogP contribution is 2.25. The first-order valence-corrected chi connectivity index (χ1v) is 9.79. The summed E-state index contributed by atoms with van der Waals surface area (Å²) < 4.78 is 6.07. The van der Waals surface area contributed by atoms with Crippen molar-refractivity contribution in [3.05, 3.63) is 29.3 Å². The normalized spacial score (nSPS) is 22.1. The fourth-order valence-electron chi connectivity index (χ4n) is 3.97. The Morgan fingerprint density at radius 3 is 2.83 bits per heavy atom. The van der Waals surface area contributed by atoms with Crippen LogP contribution in [0.5, 0.6) is 5.75 Å². The molecule has 0 radical (unpaired) electrons. The molecular weight excluding hydrogens is 296 g/mol. The van der Waals surface area contributed by atoms with E-state index in [-0.39, 0.29) is 0 Å². The van der Waals surface area contributed by atoms with Crippen molar-refractivity contribution in [1.29, 1.82) is 0 Å². The van der Waals surface area contributed by atoms with Crippen LogP contribution in [0, 0.1) is 5.92 Å². The molecule has 3 nitrogen and oxygen atoms in total. The average molecular weight is 331 g/mol. The second-order valence-corrected chi connectivity index (χ2v) is 8.05. The number of nitrogens with zero attached hydrogens (tertiary/aromatic N) is 2. The minimum absolute atomic E-state index is 0.717. The largest absolute Gasteiger partial charge is 0.494 e. The zero-order valence-corrected chi connectivity index (χ0v) is 15.8. The highest BCUT2D eigenvalue weighted by molar-refractivity contribution is 5.37. The van der Waals surface area contributed by atoms with Gasteiger partial charge in [-0.2, -0.15) is 0 Å². The lowest BCUT2D eigenvalue weighted by Gasteiger charge is -2.29. The molecule has 3 rings (SSSR count). The van der Waals surface area contributed by atoms with Crippen molar-refractivity contribution >= 4 is 0 Å². The molecule has 1 unspecified atom stereocenters. The molecule has 0 amide bonds. The Morgan fingerprint density at radius 1 is 1.21 bits per heavy atom. The van der Waals surface area contributed by atoms with E-state index in [1.165, 1.54) is 56.4 Å². The third kappa shape index (κ3) is 4.73. The smallest absolute Gasteiger partial charge is 0.119 e. The summed E-state index contributed by atoms with van der Waals surface area (Å²) in [7, 11) is 2.24. The number of rotatable bonds is 7. The quantitative estimate of drug-likeness (QED) is 0.753. The molecule has 2 aliphatic rings. The van der Waals surface area contributed by atoms with Crippen molar-refractivity contribution in [3.63, 3.8) is 0 Å². The number of likely N-dealkylation sites (tertiary alicyclic amines) is 1. The topological polar surface area (TPSA) is 15.7 Å². The summed E-state index contributed by atoms with van der Waals surface area (Å²) >= 11 is 0. The van der Waals surface area contributed by atoms with E-state index >= 15 is 0 Å². The first-order chi connectivity index (χ1) is 11.6. The Hall–Kier alpha value is -1.06. The first kappa shape index (κ1) is 17.8. The third-order valence-corrected chi connectivity index (χ3v) is 5.68. The van der Waals surface area contributed by atoms with Gasteiger partial charge in [0.1, 0.15) is 5.75 Å². The SMILES string of the molecule is CC(C)CCN1CCc2ccc(OCCC3CCCN3C)cc2C1. The van der Waals surface area contributed by atoms with Crippen LogP contribution in [0.3, 0.4) is 0 Å². The molecule has 2 heterocycles. The van der Waals surface area contributed by atoms with Crippen molar-refractivity contribution < 1.29 is 4.74 Å². The number of hydrogen-bond donors (Lipinski definition) is 0. The Morgan fingerprint density at radius 2 is 2.08 bits per heavy atom. The molecule has 0 aromatic heterocycles. The number of fused-ring (bicyclic) bond motifs is 1. The maximum Gasteiger partial charge on any atom is 0.119 e. The summed E-state index contributed by atoms with van der Waals surface area (Å²) in [4.78, 5) is 5.07. The average Bonchev–Trinajstić information content (AvgIpc) is 2.98. The van der Waals surface area contributed by atoms with Gasteiger partial charge in [-0.1, -0.05) is 19.9 Å². The minimum Gasteiger partial charge on any atom is -0.494 e. The second-order valence-electron chi connectivity index (χ2n) is 8.05. The molecule has 0 spiro atoms. The molecule has 1 fully saturated rings. The zero-order chi connectivity index (χ0) is 16.9. The van der Waals surface area contributed by atoms with Crippen LogP contribution < -0.4 is 4.74 Å². The van der Waals surface area contributed by atoms with E-state index in [1.807, 2.05) is 0 Å². The van der Waals surface area contributed by atoms with Crippen molar-refractivity contribution in [2.75, 3.05) is 33.3 Å². The second kappa shape index (κ2) is 8.35. The van der Waals surface area contributed by atoms with Gasteiger partial charge in [0, 0.05) is 19.1 Å². The highest BCUT2D eigenvalue weighted by Gasteiger charge is 2.21. The van der Waals surface area contributed by atoms with Gasteiger partial charge in [0.25, 0.3) is 0 Å². The molecule has 1 atom stereocenters. The standard InChI is InChI=1S/C21H34N2O/c1-17(2)8-12-23-13-9-18-6-7-21(15-19(18)16-23)24-14-10-20-5-4-11-22(20)3/h6-7,15,17,20H,4-5,8-14,16H2,1-3H3. The monoisotopic (exact) mass is 330 g/mol. The van der Waals surface area contributed by atoms with Gasteiger partial charge in [0.05, 0.1) is 6.61 Å². The van der Waals surface area contributed by atoms with Gasteiger partial charge >= 0.3 is 0 Å². The lowest BCUT2D eigenvalue weighted by molar-refractivity contribution is 0.229. The van der Waals surface area contributed by atoms with E-state index < -0.39 is 0 Å². The summed E-state index contributed by atoms with van der Waals surface area (Å²) in [6.45, 7) is 10.2. The summed E-state index contributed by atoms with van der Waals surface area (Å²) in [6.07, 6.45) is 6.29. The maximum atomic E-state index is 6.07. The summed E-state index contributed by atoms with van der Waals surface area (Å²) in [5.41, 5.74) is 2.99. The Kier molecular flexibility index (Phi) is 6.18. The Bertz CT molecular complexity index is 529. The summed E-state index contributed by atoms with van der Waals surface area (Å²) in [5.74, 6) is 1.84. The van der Waals surface area contributed by atoms with Crippen molar-refractivity contribution in [2.24, 2.45) is 5.92 Å². The zero-order valence-electron chi connectivity index (χ0n) is 15.8. The van der Waals surface area contributed by atoms with E-state index in [4.69, 9.17) is 4.74 Å². The van der Waals surface area contributed by atoms with E-state index in [1.54, 1.807) is 0 Å². The number of ether oxygens (including phenoxy) is 1. The van der Waals surface area contributed by atoms with Crippen LogP contribution in [0.2, 0.25) is 0 Å². The highest BCUT2D eigenvalue weighted by atomic mass is 16.5. The molecule has 3 heteroatoms. The van der Waals surface area contributed by atoms with Crippen molar-refractivity contribution in [2.45, 2.75) is 58.5 Å². The predicted molar refractivity (Wildman–Crippen MR) is 101 cm³/mol. The predicted octanol–water partition coefficient (Wildman–Crippen LogP) is 3.95. The van der Waals surface area contributed by atoms with Gasteiger partial charge in [-0.25, -0.2) is 0 Å². The summed E-state index contributed by atoms with van der Waals surface area (Å²) in [5, 5.41) is 0. The molecule has 0 bridgehead atoms. The number of hydrogen-bond acceptors (Lipinski definition) is 3. The molecule has 1 aromatic rings. The lowest BCUT2D eigenvalue weighted by atomic mass is 9.99. The fraction of sp³-hybridized carbons (Fsp3) is 0.714. The fourth-order valence-corrected chi connectivity index (χ4v) is 3.97. The van der Waals surface area contributed by atoms with E-state index in [9.17, 15) is 0 Å². The minimum atomic E-state index is 0.717. The summed E-state index contributed by atoms with van der Waals surface area (Å²) in [6, 6.07) is 7.46. The maximum absolute atomic E-state index is 6.07. The molecule has 134 valence electrons. The van der Waals surface area contributed by atoms with Gasteiger partial charge in [0.15, 0.2) is 0 Å².